The zero-order valence-corrected chi connectivity index (χ0v) is 15.9. The molecule has 0 saturated heterocycles. The molecule has 0 aromatic carbocycles. The van der Waals surface area contributed by atoms with Gasteiger partial charge in [-0.3, -0.25) is 9.59 Å². The van der Waals surface area contributed by atoms with Gasteiger partial charge in [-0.2, -0.15) is 0 Å². The number of hydrogen-bond donors (Lipinski definition) is 2. The Morgan fingerprint density at radius 1 is 1.08 bits per heavy atom. The molecule has 2 N–H and O–H groups in total. The van der Waals surface area contributed by atoms with Crippen molar-refractivity contribution in [1.29, 1.82) is 0 Å². The fraction of sp³-hybridized carbons (Fsp3) is 0.714. The largest absolute Gasteiger partial charge is 0.355 e. The van der Waals surface area contributed by atoms with Crippen molar-refractivity contribution in [3.63, 3.8) is 0 Å². The standard InChI is InChI=1S/C21H30N2O2/c1-11-18(14(4)24)12(2)22-19(11)20(25)13(3)23-21-8-15-5-16(9-21)7-17(6-15)10-21/h13,15-17,22-23H,5-10H2,1-4H3/t13-,15?,16?,17?,21?/m1/s1. The number of H-pyrrole nitrogens is 1. The lowest BCUT2D eigenvalue weighted by molar-refractivity contribution is -0.0232. The highest BCUT2D eigenvalue weighted by atomic mass is 16.1. The molecule has 4 aliphatic rings. The number of hydrogen-bond acceptors (Lipinski definition) is 3. The van der Waals surface area contributed by atoms with Gasteiger partial charge in [0, 0.05) is 16.8 Å². The molecule has 4 bridgehead atoms. The van der Waals surface area contributed by atoms with Crippen molar-refractivity contribution in [1.82, 2.24) is 10.3 Å². The molecule has 1 atom stereocenters. The number of rotatable bonds is 5. The van der Waals surface area contributed by atoms with E-state index in [1.807, 2.05) is 20.8 Å². The Labute approximate surface area is 150 Å². The summed E-state index contributed by atoms with van der Waals surface area (Å²) < 4.78 is 0. The van der Waals surface area contributed by atoms with Crippen LogP contribution in [0.1, 0.15) is 84.5 Å². The van der Waals surface area contributed by atoms with Gasteiger partial charge in [0.05, 0.1) is 11.7 Å². The van der Waals surface area contributed by atoms with Crippen LogP contribution in [0.25, 0.3) is 0 Å². The minimum absolute atomic E-state index is 0.0204. The van der Waals surface area contributed by atoms with Crippen LogP contribution in [-0.4, -0.2) is 28.1 Å². The van der Waals surface area contributed by atoms with Crippen LogP contribution in [0.4, 0.5) is 0 Å². The lowest BCUT2D eigenvalue weighted by atomic mass is 9.53. The molecule has 4 saturated carbocycles. The van der Waals surface area contributed by atoms with E-state index in [0.717, 1.165) is 29.0 Å². The summed E-state index contributed by atoms with van der Waals surface area (Å²) in [5.74, 6) is 2.69. The molecule has 4 fully saturated rings. The smallest absolute Gasteiger partial charge is 0.195 e. The number of aryl methyl sites for hydroxylation is 1. The van der Waals surface area contributed by atoms with Crippen LogP contribution in [-0.2, 0) is 0 Å². The molecule has 5 rings (SSSR count). The van der Waals surface area contributed by atoms with E-state index >= 15 is 0 Å². The summed E-state index contributed by atoms with van der Waals surface area (Å²) in [4.78, 5) is 28.1. The predicted molar refractivity (Wildman–Crippen MR) is 98.1 cm³/mol. The molecule has 136 valence electrons. The number of carbonyl (C=O) groups is 2. The van der Waals surface area contributed by atoms with Crippen LogP contribution in [0.3, 0.4) is 0 Å². The van der Waals surface area contributed by atoms with Gasteiger partial charge in [-0.25, -0.2) is 0 Å². The normalized spacial score (nSPS) is 34.3. The topological polar surface area (TPSA) is 62.0 Å². The van der Waals surface area contributed by atoms with Gasteiger partial charge in [0.1, 0.15) is 0 Å². The van der Waals surface area contributed by atoms with Gasteiger partial charge in [0.25, 0.3) is 0 Å². The highest BCUT2D eigenvalue weighted by Gasteiger charge is 2.51. The minimum Gasteiger partial charge on any atom is -0.355 e. The van der Waals surface area contributed by atoms with Gasteiger partial charge >= 0.3 is 0 Å². The molecule has 0 spiro atoms. The average molecular weight is 342 g/mol. The Kier molecular flexibility index (Phi) is 3.95. The fourth-order valence-electron chi connectivity index (χ4n) is 6.55. The van der Waals surface area contributed by atoms with E-state index in [1.54, 1.807) is 6.92 Å². The highest BCUT2D eigenvalue weighted by molar-refractivity contribution is 6.05. The third kappa shape index (κ3) is 2.79. The van der Waals surface area contributed by atoms with Gasteiger partial charge in [-0.05, 0) is 89.5 Å². The van der Waals surface area contributed by atoms with Gasteiger partial charge in [-0.15, -0.1) is 0 Å². The van der Waals surface area contributed by atoms with Crippen molar-refractivity contribution in [2.45, 2.75) is 77.8 Å². The Hall–Kier alpha value is -1.42. The van der Waals surface area contributed by atoms with E-state index in [1.165, 1.54) is 38.5 Å². The number of carbonyl (C=O) groups excluding carboxylic acids is 2. The second-order valence-electron chi connectivity index (χ2n) is 9.11. The number of Topliss-reactive ketones (excluding diaryl/α,β-unsaturated/α-hetero) is 2. The van der Waals surface area contributed by atoms with Crippen molar-refractivity contribution in [2.24, 2.45) is 17.8 Å². The fourth-order valence-corrected chi connectivity index (χ4v) is 6.55. The Morgan fingerprint density at radius 2 is 1.60 bits per heavy atom. The Bertz CT molecular complexity index is 695. The van der Waals surface area contributed by atoms with Crippen molar-refractivity contribution in [2.75, 3.05) is 0 Å². The number of aromatic amines is 1. The van der Waals surface area contributed by atoms with Gasteiger partial charge < -0.3 is 10.3 Å². The molecular formula is C21H30N2O2. The summed E-state index contributed by atoms with van der Waals surface area (Å²) in [6, 6.07) is -0.215. The molecule has 1 heterocycles. The molecular weight excluding hydrogens is 312 g/mol. The predicted octanol–water partition coefficient (Wildman–Crippen LogP) is 3.96. The van der Waals surface area contributed by atoms with Crippen molar-refractivity contribution in [3.8, 4) is 0 Å². The summed E-state index contributed by atoms with van der Waals surface area (Å²) in [5, 5.41) is 3.75. The van der Waals surface area contributed by atoms with Gasteiger partial charge in [0.15, 0.2) is 11.6 Å². The monoisotopic (exact) mass is 342 g/mol. The highest BCUT2D eigenvalue weighted by Crippen LogP contribution is 2.55. The number of nitrogens with one attached hydrogen (secondary N) is 2. The molecule has 1 aromatic heterocycles. The van der Waals surface area contributed by atoms with E-state index in [0.29, 0.717) is 11.3 Å². The maximum atomic E-state index is 13.1. The first-order chi connectivity index (χ1) is 11.8. The maximum Gasteiger partial charge on any atom is 0.195 e. The zero-order valence-electron chi connectivity index (χ0n) is 15.9. The third-order valence-corrected chi connectivity index (χ3v) is 6.99. The SMILES string of the molecule is CC(=O)c1c(C)[nH]c(C(=O)[C@@H](C)NC23CC4CC(CC(C4)C2)C3)c1C. The number of ketones is 2. The van der Waals surface area contributed by atoms with Crippen LogP contribution in [0.2, 0.25) is 0 Å². The van der Waals surface area contributed by atoms with Crippen LogP contribution in [0.15, 0.2) is 0 Å². The van der Waals surface area contributed by atoms with Crippen LogP contribution in [0, 0.1) is 31.6 Å². The molecule has 1 aromatic rings. The quantitative estimate of drug-likeness (QED) is 0.796. The minimum atomic E-state index is -0.215. The van der Waals surface area contributed by atoms with E-state index < -0.39 is 0 Å². The Balaban J connectivity index is 1.54. The molecule has 0 aliphatic heterocycles. The lowest BCUT2D eigenvalue weighted by Crippen LogP contribution is -2.61. The second kappa shape index (κ2) is 5.80. The van der Waals surface area contributed by atoms with Gasteiger partial charge in [0.2, 0.25) is 0 Å². The van der Waals surface area contributed by atoms with E-state index in [4.69, 9.17) is 0 Å². The average Bonchev–Trinajstić information content (AvgIpc) is 2.79. The van der Waals surface area contributed by atoms with Gasteiger partial charge in [-0.1, -0.05) is 0 Å². The first-order valence-corrected chi connectivity index (χ1v) is 9.80. The van der Waals surface area contributed by atoms with Crippen LogP contribution < -0.4 is 5.32 Å². The maximum absolute atomic E-state index is 13.1. The third-order valence-electron chi connectivity index (χ3n) is 6.99. The van der Waals surface area contributed by atoms with E-state index in [-0.39, 0.29) is 23.1 Å². The lowest BCUT2D eigenvalue weighted by Gasteiger charge is -2.57. The van der Waals surface area contributed by atoms with E-state index in [9.17, 15) is 9.59 Å². The Morgan fingerprint density at radius 3 is 2.04 bits per heavy atom. The molecule has 0 unspecified atom stereocenters. The van der Waals surface area contributed by atoms with Crippen molar-refractivity contribution in [3.05, 3.63) is 22.5 Å². The first-order valence-electron chi connectivity index (χ1n) is 9.80. The van der Waals surface area contributed by atoms with Crippen LogP contribution in [0.5, 0.6) is 0 Å². The summed E-state index contributed by atoms with van der Waals surface area (Å²) >= 11 is 0. The molecule has 0 amide bonds. The van der Waals surface area contributed by atoms with Crippen LogP contribution >= 0.6 is 0 Å². The molecule has 25 heavy (non-hydrogen) atoms. The zero-order chi connectivity index (χ0) is 17.9. The number of aromatic nitrogens is 1. The molecule has 4 aliphatic carbocycles. The van der Waals surface area contributed by atoms with E-state index in [2.05, 4.69) is 10.3 Å². The summed E-state index contributed by atoms with van der Waals surface area (Å²) in [6.45, 7) is 7.31. The summed E-state index contributed by atoms with van der Waals surface area (Å²) in [7, 11) is 0. The second-order valence-corrected chi connectivity index (χ2v) is 9.11. The summed E-state index contributed by atoms with van der Waals surface area (Å²) in [5.41, 5.74) is 3.05. The van der Waals surface area contributed by atoms with Crippen molar-refractivity contribution >= 4 is 11.6 Å². The molecule has 4 heteroatoms. The molecule has 0 radical (unpaired) electrons. The van der Waals surface area contributed by atoms with Crippen molar-refractivity contribution < 1.29 is 9.59 Å². The summed E-state index contributed by atoms with van der Waals surface area (Å²) in [6.07, 6.45) is 7.91. The first kappa shape index (κ1) is 17.0. The molecule has 4 nitrogen and oxygen atoms in total.